The van der Waals surface area contributed by atoms with Crippen molar-refractivity contribution in [1.29, 1.82) is 0 Å². The Labute approximate surface area is 44.5 Å². The molecule has 0 radical (unpaired) electrons. The van der Waals surface area contributed by atoms with Crippen LogP contribution in [0.4, 0.5) is 0 Å². The highest BCUT2D eigenvalue weighted by Crippen LogP contribution is 1.91. The van der Waals surface area contributed by atoms with Crippen molar-refractivity contribution in [3.8, 4) is 0 Å². The summed E-state index contributed by atoms with van der Waals surface area (Å²) >= 11 is 0. The van der Waals surface area contributed by atoms with E-state index < -0.39 is 0 Å². The molecule has 1 unspecified atom stereocenters. The van der Waals surface area contributed by atoms with Gasteiger partial charge in [-0.05, 0) is 13.3 Å². The van der Waals surface area contributed by atoms with Crippen molar-refractivity contribution in [2.75, 3.05) is 0 Å². The van der Waals surface area contributed by atoms with E-state index in [1.807, 2.05) is 6.92 Å². The molecule has 0 bridgehead atoms. The third-order valence-corrected chi connectivity index (χ3v) is 0.942. The minimum Gasteiger partial charge on any atom is -0.317 e. The Morgan fingerprint density at radius 2 is 2.29 bits per heavy atom. The number of hydrogen-bond acceptors (Lipinski definition) is 2. The van der Waals surface area contributed by atoms with E-state index in [1.54, 1.807) is 0 Å². The summed E-state index contributed by atoms with van der Waals surface area (Å²) in [7, 11) is 0. The quantitative estimate of drug-likeness (QED) is 0.525. The predicted octanol–water partition coefficient (Wildman–Crippen LogP) is 1.15. The maximum atomic E-state index is 8.22. The van der Waals surface area contributed by atoms with Crippen LogP contribution in [0.3, 0.4) is 0 Å². The second-order valence-corrected chi connectivity index (χ2v) is 1.82. The summed E-state index contributed by atoms with van der Waals surface area (Å²) in [5.74, 6) is 0. The zero-order valence-corrected chi connectivity index (χ0v) is 4.94. The summed E-state index contributed by atoms with van der Waals surface area (Å²) in [4.78, 5) is 0. The van der Waals surface area contributed by atoms with Crippen molar-refractivity contribution in [3.05, 3.63) is 0 Å². The molecule has 44 valence electrons. The smallest absolute Gasteiger partial charge is 0.0291 e. The minimum atomic E-state index is 0.255. The van der Waals surface area contributed by atoms with Crippen LogP contribution in [-0.4, -0.2) is 11.2 Å². The molecule has 0 aliphatic rings. The molecule has 0 rings (SSSR count). The van der Waals surface area contributed by atoms with Crippen LogP contribution in [0.1, 0.15) is 26.7 Å². The molecule has 0 aliphatic heterocycles. The van der Waals surface area contributed by atoms with E-state index in [0.29, 0.717) is 0 Å². The van der Waals surface area contributed by atoms with Crippen molar-refractivity contribution in [1.82, 2.24) is 5.48 Å². The third-order valence-electron chi connectivity index (χ3n) is 0.942. The van der Waals surface area contributed by atoms with Gasteiger partial charge in [-0.1, -0.05) is 13.3 Å². The molecule has 7 heavy (non-hydrogen) atoms. The van der Waals surface area contributed by atoms with Gasteiger partial charge in [-0.2, -0.15) is 0 Å². The Balaban J connectivity index is 2.83. The van der Waals surface area contributed by atoms with E-state index in [-0.39, 0.29) is 6.04 Å². The molecule has 0 aromatic rings. The molecular weight excluding hydrogens is 90.1 g/mol. The summed E-state index contributed by atoms with van der Waals surface area (Å²) in [6.07, 6.45) is 2.16. The van der Waals surface area contributed by atoms with Crippen LogP contribution >= 0.6 is 0 Å². The molecule has 0 aromatic carbocycles. The second-order valence-electron chi connectivity index (χ2n) is 1.82. The van der Waals surface area contributed by atoms with Crippen LogP contribution in [-0.2, 0) is 0 Å². The molecule has 0 amide bonds. The predicted molar refractivity (Wildman–Crippen MR) is 29.3 cm³/mol. The van der Waals surface area contributed by atoms with Crippen LogP contribution in [0.2, 0.25) is 0 Å². The average Bonchev–Trinajstić information content (AvgIpc) is 1.68. The van der Waals surface area contributed by atoms with E-state index in [1.165, 1.54) is 0 Å². The first-order valence-corrected chi connectivity index (χ1v) is 2.70. The first-order valence-electron chi connectivity index (χ1n) is 2.70. The minimum absolute atomic E-state index is 0.255. The van der Waals surface area contributed by atoms with E-state index in [9.17, 15) is 0 Å². The molecule has 0 saturated heterocycles. The summed E-state index contributed by atoms with van der Waals surface area (Å²) in [5, 5.41) is 8.22. The molecular formula is C5H13NO. The van der Waals surface area contributed by atoms with Gasteiger partial charge in [0, 0.05) is 6.04 Å². The first kappa shape index (κ1) is 6.92. The van der Waals surface area contributed by atoms with Crippen molar-refractivity contribution in [2.24, 2.45) is 0 Å². The van der Waals surface area contributed by atoms with Crippen molar-refractivity contribution >= 4 is 0 Å². The lowest BCUT2D eigenvalue weighted by atomic mass is 10.2. The van der Waals surface area contributed by atoms with Gasteiger partial charge in [0.15, 0.2) is 0 Å². The Kier molecular flexibility index (Phi) is 4.04. The lowest BCUT2D eigenvalue weighted by Gasteiger charge is -2.03. The highest BCUT2D eigenvalue weighted by molar-refractivity contribution is 4.49. The first-order chi connectivity index (χ1) is 3.31. The van der Waals surface area contributed by atoms with Crippen LogP contribution < -0.4 is 5.48 Å². The molecule has 0 spiro atoms. The maximum Gasteiger partial charge on any atom is 0.0291 e. The maximum absolute atomic E-state index is 8.22. The van der Waals surface area contributed by atoms with E-state index in [4.69, 9.17) is 5.21 Å². The SMILES string of the molecule is CCCC(C)NO. The number of hydrogen-bond donors (Lipinski definition) is 2. The highest BCUT2D eigenvalue weighted by atomic mass is 16.5. The van der Waals surface area contributed by atoms with Gasteiger partial charge in [-0.25, -0.2) is 5.48 Å². The molecule has 1 atom stereocenters. The lowest BCUT2D eigenvalue weighted by Crippen LogP contribution is -2.20. The van der Waals surface area contributed by atoms with Gasteiger partial charge in [0.05, 0.1) is 0 Å². The molecule has 0 aliphatic carbocycles. The molecule has 2 N–H and O–H groups in total. The highest BCUT2D eigenvalue weighted by Gasteiger charge is 1.92. The van der Waals surface area contributed by atoms with Gasteiger partial charge in [0.25, 0.3) is 0 Å². The zero-order valence-electron chi connectivity index (χ0n) is 4.94. The van der Waals surface area contributed by atoms with Gasteiger partial charge in [-0.3, -0.25) is 0 Å². The zero-order chi connectivity index (χ0) is 5.70. The fourth-order valence-corrected chi connectivity index (χ4v) is 0.498. The molecule has 2 nitrogen and oxygen atoms in total. The lowest BCUT2D eigenvalue weighted by molar-refractivity contribution is 0.128. The molecule has 0 aromatic heterocycles. The Hall–Kier alpha value is -0.0800. The normalized spacial score (nSPS) is 14.1. The van der Waals surface area contributed by atoms with Crippen LogP contribution in [0.25, 0.3) is 0 Å². The number of hydroxylamine groups is 1. The molecule has 0 fully saturated rings. The van der Waals surface area contributed by atoms with E-state index >= 15 is 0 Å². The van der Waals surface area contributed by atoms with Gasteiger partial charge in [0.1, 0.15) is 0 Å². The largest absolute Gasteiger partial charge is 0.317 e. The monoisotopic (exact) mass is 103 g/mol. The summed E-state index contributed by atoms with van der Waals surface area (Å²) in [6, 6.07) is 0.255. The van der Waals surface area contributed by atoms with Crippen molar-refractivity contribution < 1.29 is 5.21 Å². The molecule has 2 heteroatoms. The van der Waals surface area contributed by atoms with Crippen LogP contribution in [0, 0.1) is 0 Å². The van der Waals surface area contributed by atoms with Crippen LogP contribution in [0.15, 0.2) is 0 Å². The van der Waals surface area contributed by atoms with E-state index in [0.717, 1.165) is 12.8 Å². The molecule has 0 saturated carbocycles. The number of rotatable bonds is 3. The standard InChI is InChI=1S/C5H13NO/c1-3-4-5(2)6-7/h5-7H,3-4H2,1-2H3. The van der Waals surface area contributed by atoms with Crippen molar-refractivity contribution in [2.45, 2.75) is 32.7 Å². The average molecular weight is 103 g/mol. The Bertz CT molecular complexity index is 39.1. The number of nitrogens with one attached hydrogen (secondary N) is 1. The van der Waals surface area contributed by atoms with E-state index in [2.05, 4.69) is 12.4 Å². The van der Waals surface area contributed by atoms with Crippen LogP contribution in [0.5, 0.6) is 0 Å². The fourth-order valence-electron chi connectivity index (χ4n) is 0.498. The summed E-state index contributed by atoms with van der Waals surface area (Å²) < 4.78 is 0. The fraction of sp³-hybridized carbons (Fsp3) is 1.00. The second kappa shape index (κ2) is 4.09. The van der Waals surface area contributed by atoms with Crippen molar-refractivity contribution in [3.63, 3.8) is 0 Å². The van der Waals surface area contributed by atoms with Gasteiger partial charge in [-0.15, -0.1) is 0 Å². The summed E-state index contributed by atoms with van der Waals surface area (Å²) in [5.41, 5.74) is 2.17. The third kappa shape index (κ3) is 3.76. The van der Waals surface area contributed by atoms with Gasteiger partial charge >= 0.3 is 0 Å². The molecule has 0 heterocycles. The Morgan fingerprint density at radius 3 is 2.43 bits per heavy atom. The van der Waals surface area contributed by atoms with Gasteiger partial charge < -0.3 is 5.21 Å². The summed E-state index contributed by atoms with van der Waals surface area (Å²) in [6.45, 7) is 4.04. The Morgan fingerprint density at radius 1 is 1.71 bits per heavy atom. The topological polar surface area (TPSA) is 32.3 Å². The van der Waals surface area contributed by atoms with Gasteiger partial charge in [0.2, 0.25) is 0 Å².